The van der Waals surface area contributed by atoms with Crippen LogP contribution in [0, 0.1) is 0 Å². The molecule has 0 amide bonds. The number of aromatic nitrogens is 2. The van der Waals surface area contributed by atoms with E-state index in [2.05, 4.69) is 5.10 Å². The molecule has 0 saturated heterocycles. The van der Waals surface area contributed by atoms with Gasteiger partial charge in [0.15, 0.2) is 5.76 Å². The minimum atomic E-state index is -0.538. The molecule has 0 saturated carbocycles. The highest BCUT2D eigenvalue weighted by atomic mass is 16.5. The van der Waals surface area contributed by atoms with Gasteiger partial charge < -0.3 is 13.6 Å². The van der Waals surface area contributed by atoms with Crippen LogP contribution in [0.1, 0.15) is 0 Å². The fraction of sp³-hybridized carbons (Fsp3) is 0.111. The number of nitrogens with zero attached hydrogens (tertiary/aromatic N) is 2. The Labute approximate surface area is 136 Å². The van der Waals surface area contributed by atoms with Gasteiger partial charge in [0.05, 0.1) is 12.8 Å². The highest BCUT2D eigenvalue weighted by Crippen LogP contribution is 2.20. The summed E-state index contributed by atoms with van der Waals surface area (Å²) in [5.74, 6) is 0.789. The molecule has 4 aromatic rings. The Bertz CT molecular complexity index is 1010. The van der Waals surface area contributed by atoms with Crippen LogP contribution in [0.15, 0.2) is 74.5 Å². The lowest BCUT2D eigenvalue weighted by atomic mass is 10.1. The Balaban J connectivity index is 1.44. The van der Waals surface area contributed by atoms with Crippen molar-refractivity contribution in [3.05, 3.63) is 71.4 Å². The third-order valence-electron chi connectivity index (χ3n) is 3.63. The van der Waals surface area contributed by atoms with E-state index in [0.717, 1.165) is 16.5 Å². The molecule has 0 unspecified atom stereocenters. The molecule has 0 aliphatic heterocycles. The van der Waals surface area contributed by atoms with Gasteiger partial charge in [0.1, 0.15) is 12.4 Å². The molecule has 120 valence electrons. The lowest BCUT2D eigenvalue weighted by Gasteiger charge is -2.06. The van der Waals surface area contributed by atoms with Crippen LogP contribution in [0.3, 0.4) is 0 Å². The van der Waals surface area contributed by atoms with Crippen molar-refractivity contribution in [2.45, 2.75) is 6.54 Å². The van der Waals surface area contributed by atoms with Gasteiger partial charge >= 0.3 is 5.76 Å². The third kappa shape index (κ3) is 2.81. The summed E-state index contributed by atoms with van der Waals surface area (Å²) in [6.45, 7) is 0.595. The summed E-state index contributed by atoms with van der Waals surface area (Å²) < 4.78 is 17.2. The number of hydrogen-bond acceptors (Lipinski definition) is 5. The third-order valence-corrected chi connectivity index (χ3v) is 3.63. The number of furan rings is 1. The topological polar surface area (TPSA) is 70.4 Å². The van der Waals surface area contributed by atoms with Gasteiger partial charge in [-0.25, -0.2) is 4.79 Å². The van der Waals surface area contributed by atoms with Gasteiger partial charge in [-0.3, -0.25) is 0 Å². The van der Waals surface area contributed by atoms with Gasteiger partial charge in [-0.2, -0.15) is 4.68 Å². The van der Waals surface area contributed by atoms with E-state index in [-0.39, 0.29) is 12.4 Å². The Morgan fingerprint density at radius 2 is 1.92 bits per heavy atom. The van der Waals surface area contributed by atoms with Crippen molar-refractivity contribution < 1.29 is 13.6 Å². The highest BCUT2D eigenvalue weighted by molar-refractivity contribution is 5.83. The van der Waals surface area contributed by atoms with Crippen molar-refractivity contribution in [3.63, 3.8) is 0 Å². The maximum Gasteiger partial charge on any atom is 0.437 e. The van der Waals surface area contributed by atoms with Crippen molar-refractivity contribution >= 4 is 10.8 Å². The summed E-state index contributed by atoms with van der Waals surface area (Å²) in [5.41, 5.74) is 0. The minimum absolute atomic E-state index is 0.163. The van der Waals surface area contributed by atoms with Crippen LogP contribution in [0.4, 0.5) is 0 Å². The Hall–Kier alpha value is -3.28. The first-order valence-electron chi connectivity index (χ1n) is 7.53. The van der Waals surface area contributed by atoms with E-state index in [1.54, 1.807) is 12.1 Å². The molecular weight excluding hydrogens is 308 g/mol. The number of hydrogen-bond donors (Lipinski definition) is 0. The van der Waals surface area contributed by atoms with Crippen LogP contribution in [0.2, 0.25) is 0 Å². The van der Waals surface area contributed by atoms with Crippen molar-refractivity contribution in [2.24, 2.45) is 0 Å². The second kappa shape index (κ2) is 6.08. The molecule has 2 heterocycles. The minimum Gasteiger partial charge on any atom is -0.492 e. The number of fused-ring (bicyclic) bond motifs is 1. The van der Waals surface area contributed by atoms with E-state index in [1.165, 1.54) is 10.9 Å². The molecule has 6 nitrogen and oxygen atoms in total. The van der Waals surface area contributed by atoms with Crippen molar-refractivity contribution in [1.29, 1.82) is 0 Å². The molecule has 4 rings (SSSR count). The molecule has 0 bridgehead atoms. The van der Waals surface area contributed by atoms with E-state index < -0.39 is 5.76 Å². The lowest BCUT2D eigenvalue weighted by molar-refractivity contribution is 0.286. The summed E-state index contributed by atoms with van der Waals surface area (Å²) >= 11 is 0. The molecule has 0 radical (unpaired) electrons. The van der Waals surface area contributed by atoms with E-state index in [9.17, 15) is 4.79 Å². The fourth-order valence-corrected chi connectivity index (χ4v) is 2.45. The van der Waals surface area contributed by atoms with E-state index >= 15 is 0 Å². The molecular formula is C18H14N2O4. The molecule has 0 N–H and O–H groups in total. The predicted molar refractivity (Wildman–Crippen MR) is 87.9 cm³/mol. The lowest BCUT2D eigenvalue weighted by Crippen LogP contribution is -2.20. The van der Waals surface area contributed by atoms with Gasteiger partial charge in [-0.15, -0.1) is 5.10 Å². The molecule has 0 aliphatic rings. The molecule has 2 aromatic carbocycles. The summed E-state index contributed by atoms with van der Waals surface area (Å²) in [5, 5.41) is 6.36. The zero-order valence-corrected chi connectivity index (χ0v) is 12.7. The molecule has 0 spiro atoms. The summed E-state index contributed by atoms with van der Waals surface area (Å²) in [6.07, 6.45) is 1.50. The number of rotatable bonds is 5. The van der Waals surface area contributed by atoms with Crippen LogP contribution >= 0.6 is 0 Å². The maximum atomic E-state index is 11.8. The first kappa shape index (κ1) is 14.3. The van der Waals surface area contributed by atoms with Crippen LogP contribution in [0.5, 0.6) is 5.75 Å². The summed E-state index contributed by atoms with van der Waals surface area (Å²) in [6, 6.07) is 17.3. The van der Waals surface area contributed by atoms with Gasteiger partial charge in [-0.05, 0) is 35.0 Å². The van der Waals surface area contributed by atoms with Crippen molar-refractivity contribution in [2.75, 3.05) is 6.61 Å². The zero-order valence-electron chi connectivity index (χ0n) is 12.7. The average Bonchev–Trinajstić information content (AvgIpc) is 3.25. The molecule has 2 aromatic heterocycles. The molecule has 0 aliphatic carbocycles. The van der Waals surface area contributed by atoms with Crippen LogP contribution in [-0.4, -0.2) is 16.4 Å². The quantitative estimate of drug-likeness (QED) is 0.563. The van der Waals surface area contributed by atoms with Crippen LogP contribution in [-0.2, 0) is 6.54 Å². The SMILES string of the molecule is O=c1oc(-c2ccco2)nn1CCOc1ccc2ccccc2c1. The maximum absolute atomic E-state index is 11.8. The normalized spacial score (nSPS) is 11.0. The number of ether oxygens (including phenoxy) is 1. The van der Waals surface area contributed by atoms with Crippen LogP contribution < -0.4 is 10.5 Å². The molecule has 0 fully saturated rings. The van der Waals surface area contributed by atoms with Gasteiger partial charge in [0.25, 0.3) is 5.89 Å². The summed E-state index contributed by atoms with van der Waals surface area (Å²) in [4.78, 5) is 11.8. The van der Waals surface area contributed by atoms with E-state index in [0.29, 0.717) is 12.4 Å². The van der Waals surface area contributed by atoms with E-state index in [1.807, 2.05) is 42.5 Å². The first-order chi connectivity index (χ1) is 11.8. The molecule has 0 atom stereocenters. The highest BCUT2D eigenvalue weighted by Gasteiger charge is 2.12. The van der Waals surface area contributed by atoms with Crippen LogP contribution in [0.25, 0.3) is 22.4 Å². The molecule has 24 heavy (non-hydrogen) atoms. The zero-order chi connectivity index (χ0) is 16.4. The van der Waals surface area contributed by atoms with Crippen molar-refractivity contribution in [3.8, 4) is 17.4 Å². The first-order valence-corrected chi connectivity index (χ1v) is 7.53. The number of benzene rings is 2. The largest absolute Gasteiger partial charge is 0.492 e. The second-order valence-corrected chi connectivity index (χ2v) is 5.23. The molecule has 6 heteroatoms. The smallest absolute Gasteiger partial charge is 0.437 e. The van der Waals surface area contributed by atoms with Gasteiger partial charge in [0.2, 0.25) is 0 Å². The summed E-state index contributed by atoms with van der Waals surface area (Å²) in [7, 11) is 0. The average molecular weight is 322 g/mol. The van der Waals surface area contributed by atoms with Gasteiger partial charge in [-0.1, -0.05) is 30.3 Å². The standard InChI is InChI=1S/C18H14N2O4/c21-18-20(19-17(24-18)16-6-3-10-23-16)9-11-22-15-8-7-13-4-1-2-5-14(13)12-15/h1-8,10,12H,9,11H2. The van der Waals surface area contributed by atoms with Crippen molar-refractivity contribution in [1.82, 2.24) is 9.78 Å². The van der Waals surface area contributed by atoms with E-state index in [4.69, 9.17) is 13.6 Å². The second-order valence-electron chi connectivity index (χ2n) is 5.23. The monoisotopic (exact) mass is 322 g/mol. The van der Waals surface area contributed by atoms with Gasteiger partial charge in [0, 0.05) is 0 Å². The Kier molecular flexibility index (Phi) is 3.63. The predicted octanol–water partition coefficient (Wildman–Crippen LogP) is 3.33. The fourth-order valence-electron chi connectivity index (χ4n) is 2.45. The Morgan fingerprint density at radius 1 is 1.04 bits per heavy atom. The Morgan fingerprint density at radius 3 is 2.75 bits per heavy atom.